The summed E-state index contributed by atoms with van der Waals surface area (Å²) in [5.41, 5.74) is 1.71. The van der Waals surface area contributed by atoms with Gasteiger partial charge in [-0.05, 0) is 48.0 Å². The number of nitro groups is 1. The Balaban J connectivity index is 2.08. The van der Waals surface area contributed by atoms with Crippen LogP contribution in [0.3, 0.4) is 0 Å². The van der Waals surface area contributed by atoms with Crippen molar-refractivity contribution in [2.45, 2.75) is 20.4 Å². The smallest absolute Gasteiger partial charge is 0.272 e. The molecule has 0 aliphatic carbocycles. The molecule has 0 fully saturated rings. The van der Waals surface area contributed by atoms with Crippen LogP contribution in [0, 0.1) is 24.0 Å². The lowest BCUT2D eigenvalue weighted by atomic mass is 10.2. The molecule has 0 saturated carbocycles. The molecule has 0 unspecified atom stereocenters. The van der Waals surface area contributed by atoms with Crippen molar-refractivity contribution in [1.29, 1.82) is 0 Å². The number of anilines is 1. The molecule has 0 saturated heterocycles. The van der Waals surface area contributed by atoms with E-state index in [4.69, 9.17) is 0 Å². The van der Waals surface area contributed by atoms with Crippen molar-refractivity contribution in [3.05, 3.63) is 54.2 Å². The van der Waals surface area contributed by atoms with Gasteiger partial charge < -0.3 is 5.32 Å². The number of nitrogens with one attached hydrogen (secondary N) is 1. The molecule has 0 atom stereocenters. The molecule has 1 aromatic heterocycles. The summed E-state index contributed by atoms with van der Waals surface area (Å²) < 4.78 is 1.12. The Kier molecular flexibility index (Phi) is 4.21. The zero-order valence-corrected chi connectivity index (χ0v) is 13.0. The van der Waals surface area contributed by atoms with Crippen LogP contribution in [0.5, 0.6) is 0 Å². The Bertz CT molecular complexity index is 606. The Morgan fingerprint density at radius 2 is 2.11 bits per heavy atom. The molecule has 19 heavy (non-hydrogen) atoms. The van der Waals surface area contributed by atoms with Crippen LogP contribution in [0.1, 0.15) is 15.3 Å². The SMILES string of the molecule is Cc1cc(NCc2cc(Br)c(C)s2)ccc1[N+](=O)[O-]. The average molecular weight is 341 g/mol. The van der Waals surface area contributed by atoms with Gasteiger partial charge in [-0.3, -0.25) is 10.1 Å². The maximum atomic E-state index is 10.7. The van der Waals surface area contributed by atoms with E-state index in [1.54, 1.807) is 30.4 Å². The van der Waals surface area contributed by atoms with Crippen LogP contribution in [-0.2, 0) is 6.54 Å². The maximum Gasteiger partial charge on any atom is 0.272 e. The Morgan fingerprint density at radius 3 is 2.63 bits per heavy atom. The van der Waals surface area contributed by atoms with Gasteiger partial charge in [0, 0.05) is 38.1 Å². The van der Waals surface area contributed by atoms with Gasteiger partial charge in [0.25, 0.3) is 5.69 Å². The zero-order chi connectivity index (χ0) is 14.0. The van der Waals surface area contributed by atoms with E-state index in [1.807, 2.05) is 0 Å². The topological polar surface area (TPSA) is 55.2 Å². The highest BCUT2D eigenvalue weighted by atomic mass is 79.9. The Morgan fingerprint density at radius 1 is 1.37 bits per heavy atom. The second kappa shape index (κ2) is 5.71. The molecule has 0 aliphatic heterocycles. The second-order valence-corrected chi connectivity index (χ2v) is 6.42. The minimum atomic E-state index is -0.362. The highest BCUT2D eigenvalue weighted by molar-refractivity contribution is 9.10. The number of hydrogen-bond acceptors (Lipinski definition) is 4. The summed E-state index contributed by atoms with van der Waals surface area (Å²) in [6, 6.07) is 7.16. The fourth-order valence-electron chi connectivity index (χ4n) is 1.76. The molecule has 100 valence electrons. The van der Waals surface area contributed by atoms with Crippen LogP contribution in [-0.4, -0.2) is 4.92 Å². The number of rotatable bonds is 4. The van der Waals surface area contributed by atoms with Crippen LogP contribution >= 0.6 is 27.3 Å². The summed E-state index contributed by atoms with van der Waals surface area (Å²) in [6.45, 7) is 4.53. The molecule has 0 aliphatic rings. The standard InChI is InChI=1S/C13H13BrN2O2S/c1-8-5-10(3-4-13(8)16(17)18)15-7-11-6-12(14)9(2)19-11/h3-6,15H,7H2,1-2H3. The highest BCUT2D eigenvalue weighted by Gasteiger charge is 2.10. The number of hydrogen-bond donors (Lipinski definition) is 1. The molecule has 1 aromatic carbocycles. The van der Waals surface area contributed by atoms with E-state index in [0.29, 0.717) is 12.1 Å². The molecular formula is C13H13BrN2O2S. The number of aryl methyl sites for hydroxylation is 2. The molecular weight excluding hydrogens is 328 g/mol. The van der Waals surface area contributed by atoms with Crippen molar-refractivity contribution in [3.8, 4) is 0 Å². The van der Waals surface area contributed by atoms with Gasteiger partial charge in [-0.2, -0.15) is 0 Å². The third-order valence-corrected chi connectivity index (χ3v) is 4.91. The van der Waals surface area contributed by atoms with Crippen LogP contribution in [0.15, 0.2) is 28.7 Å². The van der Waals surface area contributed by atoms with E-state index in [1.165, 1.54) is 15.8 Å². The van der Waals surface area contributed by atoms with Crippen LogP contribution in [0.4, 0.5) is 11.4 Å². The van der Waals surface area contributed by atoms with Gasteiger partial charge in [0.2, 0.25) is 0 Å². The lowest BCUT2D eigenvalue weighted by Gasteiger charge is -2.06. The summed E-state index contributed by atoms with van der Waals surface area (Å²) in [5.74, 6) is 0. The molecule has 0 spiro atoms. The second-order valence-electron chi connectivity index (χ2n) is 4.23. The van der Waals surface area contributed by atoms with Crippen molar-refractivity contribution < 1.29 is 4.92 Å². The fourth-order valence-corrected chi connectivity index (χ4v) is 3.31. The first kappa shape index (κ1) is 14.0. The highest BCUT2D eigenvalue weighted by Crippen LogP contribution is 2.27. The zero-order valence-electron chi connectivity index (χ0n) is 10.6. The number of benzene rings is 1. The molecule has 2 aromatic rings. The predicted octanol–water partition coefficient (Wildman–Crippen LogP) is 4.65. The summed E-state index contributed by atoms with van der Waals surface area (Å²) in [5, 5.41) is 14.0. The van der Waals surface area contributed by atoms with Crippen molar-refractivity contribution in [3.63, 3.8) is 0 Å². The third kappa shape index (κ3) is 3.33. The first-order chi connectivity index (χ1) is 8.97. The average Bonchev–Trinajstić information content (AvgIpc) is 2.66. The van der Waals surface area contributed by atoms with E-state index < -0.39 is 0 Å². The lowest BCUT2D eigenvalue weighted by Crippen LogP contribution is -1.99. The van der Waals surface area contributed by atoms with E-state index in [-0.39, 0.29) is 10.6 Å². The van der Waals surface area contributed by atoms with Crippen LogP contribution < -0.4 is 5.32 Å². The Hall–Kier alpha value is -1.40. The monoisotopic (exact) mass is 340 g/mol. The van der Waals surface area contributed by atoms with Crippen molar-refractivity contribution in [2.24, 2.45) is 0 Å². The van der Waals surface area contributed by atoms with Crippen LogP contribution in [0.25, 0.3) is 0 Å². The molecule has 6 heteroatoms. The molecule has 4 nitrogen and oxygen atoms in total. The van der Waals surface area contributed by atoms with Crippen molar-refractivity contribution in [2.75, 3.05) is 5.32 Å². The minimum absolute atomic E-state index is 0.153. The van der Waals surface area contributed by atoms with Gasteiger partial charge in [-0.15, -0.1) is 11.3 Å². The van der Waals surface area contributed by atoms with Crippen molar-refractivity contribution in [1.82, 2.24) is 0 Å². The maximum absolute atomic E-state index is 10.7. The number of nitrogens with zero attached hydrogens (tertiary/aromatic N) is 1. The molecule has 1 heterocycles. The molecule has 0 bridgehead atoms. The largest absolute Gasteiger partial charge is 0.380 e. The summed E-state index contributed by atoms with van der Waals surface area (Å²) in [7, 11) is 0. The molecule has 0 radical (unpaired) electrons. The normalized spacial score (nSPS) is 10.5. The van der Waals surface area contributed by atoms with E-state index in [0.717, 1.165) is 10.2 Å². The van der Waals surface area contributed by atoms with Gasteiger partial charge in [0.1, 0.15) is 0 Å². The summed E-state index contributed by atoms with van der Waals surface area (Å²) in [4.78, 5) is 12.8. The van der Waals surface area contributed by atoms with Gasteiger partial charge in [0.15, 0.2) is 0 Å². The van der Waals surface area contributed by atoms with Gasteiger partial charge >= 0.3 is 0 Å². The van der Waals surface area contributed by atoms with E-state index in [9.17, 15) is 10.1 Å². The first-order valence-electron chi connectivity index (χ1n) is 5.71. The predicted molar refractivity (Wildman–Crippen MR) is 81.9 cm³/mol. The quantitative estimate of drug-likeness (QED) is 0.651. The van der Waals surface area contributed by atoms with E-state index in [2.05, 4.69) is 34.2 Å². The third-order valence-electron chi connectivity index (χ3n) is 2.77. The first-order valence-corrected chi connectivity index (χ1v) is 7.32. The van der Waals surface area contributed by atoms with Gasteiger partial charge in [-0.1, -0.05) is 0 Å². The number of thiophene rings is 1. The molecule has 2 rings (SSSR count). The van der Waals surface area contributed by atoms with Crippen molar-refractivity contribution >= 4 is 38.6 Å². The minimum Gasteiger partial charge on any atom is -0.380 e. The molecule has 1 N–H and O–H groups in total. The van der Waals surface area contributed by atoms with E-state index >= 15 is 0 Å². The summed E-state index contributed by atoms with van der Waals surface area (Å²) in [6.07, 6.45) is 0. The molecule has 0 amide bonds. The number of halogens is 1. The van der Waals surface area contributed by atoms with Gasteiger partial charge in [0.05, 0.1) is 4.92 Å². The summed E-state index contributed by atoms with van der Waals surface area (Å²) >= 11 is 5.22. The number of nitro benzene ring substituents is 1. The Labute approximate surface area is 123 Å². The van der Waals surface area contributed by atoms with Crippen LogP contribution in [0.2, 0.25) is 0 Å². The fraction of sp³-hybridized carbons (Fsp3) is 0.231. The van der Waals surface area contributed by atoms with Gasteiger partial charge in [-0.25, -0.2) is 0 Å². The lowest BCUT2D eigenvalue weighted by molar-refractivity contribution is -0.385.